The fourth-order valence-corrected chi connectivity index (χ4v) is 3.62. The molecule has 1 fully saturated rings. The fourth-order valence-electron chi connectivity index (χ4n) is 3.62. The number of fused-ring (bicyclic) bond motifs is 1. The summed E-state index contributed by atoms with van der Waals surface area (Å²) in [6.07, 6.45) is 6.42. The van der Waals surface area contributed by atoms with Crippen LogP contribution in [0.4, 0.5) is 0 Å². The van der Waals surface area contributed by atoms with Crippen molar-refractivity contribution in [1.29, 1.82) is 0 Å². The molecule has 1 aliphatic rings. The number of furan rings is 1. The number of benzene rings is 1. The Kier molecular flexibility index (Phi) is 4.07. The number of rotatable bonds is 5. The summed E-state index contributed by atoms with van der Waals surface area (Å²) in [4.78, 5) is 18.2. The molecule has 1 aliphatic heterocycles. The highest BCUT2D eigenvalue weighted by molar-refractivity contribution is 5.87. The molecule has 0 unspecified atom stereocenters. The van der Waals surface area contributed by atoms with Gasteiger partial charge in [0.2, 0.25) is 5.91 Å². The van der Waals surface area contributed by atoms with E-state index >= 15 is 0 Å². The predicted octanol–water partition coefficient (Wildman–Crippen LogP) is 3.93. The van der Waals surface area contributed by atoms with Crippen molar-refractivity contribution in [2.24, 2.45) is 0 Å². The van der Waals surface area contributed by atoms with Crippen molar-refractivity contribution >= 4 is 16.9 Å². The minimum Gasteiger partial charge on any atom is -0.453 e. The lowest BCUT2D eigenvalue weighted by Gasteiger charge is -2.15. The predicted molar refractivity (Wildman–Crippen MR) is 97.3 cm³/mol. The van der Waals surface area contributed by atoms with Crippen LogP contribution in [0.2, 0.25) is 0 Å². The zero-order chi connectivity index (χ0) is 17.4. The Morgan fingerprint density at radius 3 is 2.92 bits per heavy atom. The smallest absolute Gasteiger partial charge is 0.222 e. The molecule has 0 N–H and O–H groups in total. The van der Waals surface area contributed by atoms with Gasteiger partial charge in [0.25, 0.3) is 0 Å². The van der Waals surface area contributed by atoms with Crippen LogP contribution in [0.3, 0.4) is 0 Å². The minimum atomic E-state index is 0.286. The molecule has 0 radical (unpaired) electrons. The summed E-state index contributed by atoms with van der Waals surface area (Å²) in [5.74, 6) is 1.98. The standard InChI is InChI=1S/C20H23N3O2/c1-14-6-7-17-16(13-14)15(2)19(25-17)20-21-8-12-23(20)11-4-10-22-9-3-5-18(22)24/h6-8,12-13H,3-5,9-11H2,1-2H3. The zero-order valence-electron chi connectivity index (χ0n) is 14.8. The average Bonchev–Trinajstić information content (AvgIpc) is 3.29. The number of carbonyl (C=O) groups excluding carboxylic acids is 1. The molecule has 4 rings (SSSR count). The van der Waals surface area contributed by atoms with Crippen molar-refractivity contribution in [2.45, 2.75) is 39.7 Å². The van der Waals surface area contributed by atoms with E-state index in [2.05, 4.69) is 35.5 Å². The summed E-state index contributed by atoms with van der Waals surface area (Å²) in [5.41, 5.74) is 3.25. The minimum absolute atomic E-state index is 0.286. The maximum Gasteiger partial charge on any atom is 0.222 e. The van der Waals surface area contributed by atoms with E-state index in [4.69, 9.17) is 4.42 Å². The van der Waals surface area contributed by atoms with Gasteiger partial charge >= 0.3 is 0 Å². The highest BCUT2D eigenvalue weighted by Gasteiger charge is 2.20. The van der Waals surface area contributed by atoms with Crippen molar-refractivity contribution in [3.8, 4) is 11.6 Å². The summed E-state index contributed by atoms with van der Waals surface area (Å²) in [7, 11) is 0. The highest BCUT2D eigenvalue weighted by atomic mass is 16.3. The van der Waals surface area contributed by atoms with Crippen LogP contribution in [0.25, 0.3) is 22.6 Å². The third-order valence-corrected chi connectivity index (χ3v) is 5.01. The second-order valence-electron chi connectivity index (χ2n) is 6.84. The van der Waals surface area contributed by atoms with Crippen molar-refractivity contribution in [1.82, 2.24) is 14.5 Å². The molecule has 3 heterocycles. The van der Waals surface area contributed by atoms with E-state index in [1.165, 1.54) is 5.56 Å². The fraction of sp³-hybridized carbons (Fsp3) is 0.400. The summed E-state index contributed by atoms with van der Waals surface area (Å²) in [5, 5.41) is 1.15. The summed E-state index contributed by atoms with van der Waals surface area (Å²) < 4.78 is 8.21. The third kappa shape index (κ3) is 2.95. The molecular weight excluding hydrogens is 314 g/mol. The first-order valence-electron chi connectivity index (χ1n) is 8.92. The molecule has 1 saturated heterocycles. The van der Waals surface area contributed by atoms with Gasteiger partial charge in [-0.1, -0.05) is 11.6 Å². The lowest BCUT2D eigenvalue weighted by molar-refractivity contribution is -0.127. The molecule has 0 aliphatic carbocycles. The topological polar surface area (TPSA) is 51.3 Å². The first kappa shape index (κ1) is 15.9. The van der Waals surface area contributed by atoms with Gasteiger partial charge in [-0.15, -0.1) is 0 Å². The number of hydrogen-bond acceptors (Lipinski definition) is 3. The first-order chi connectivity index (χ1) is 12.1. The normalized spacial score (nSPS) is 14.8. The lowest BCUT2D eigenvalue weighted by Crippen LogP contribution is -2.26. The van der Waals surface area contributed by atoms with Gasteiger partial charge in [-0.05, 0) is 38.8 Å². The van der Waals surface area contributed by atoms with Gasteiger partial charge in [0, 0.05) is 49.4 Å². The van der Waals surface area contributed by atoms with E-state index in [-0.39, 0.29) is 5.91 Å². The highest BCUT2D eigenvalue weighted by Crippen LogP contribution is 2.32. The second-order valence-corrected chi connectivity index (χ2v) is 6.84. The third-order valence-electron chi connectivity index (χ3n) is 5.01. The van der Waals surface area contributed by atoms with E-state index in [1.54, 1.807) is 0 Å². The summed E-state index contributed by atoms with van der Waals surface area (Å²) in [6, 6.07) is 6.24. The van der Waals surface area contributed by atoms with E-state index < -0.39 is 0 Å². The van der Waals surface area contributed by atoms with Gasteiger partial charge in [-0.2, -0.15) is 0 Å². The number of aryl methyl sites for hydroxylation is 3. The summed E-state index contributed by atoms with van der Waals surface area (Å²) >= 11 is 0. The van der Waals surface area contributed by atoms with Crippen LogP contribution >= 0.6 is 0 Å². The monoisotopic (exact) mass is 337 g/mol. The number of imidazole rings is 1. The maximum atomic E-state index is 11.7. The molecule has 130 valence electrons. The molecule has 0 spiro atoms. The Morgan fingerprint density at radius 1 is 1.24 bits per heavy atom. The molecular formula is C20H23N3O2. The Hall–Kier alpha value is -2.56. The molecule has 5 nitrogen and oxygen atoms in total. The Bertz CT molecular complexity index is 922. The zero-order valence-corrected chi connectivity index (χ0v) is 14.8. The van der Waals surface area contributed by atoms with E-state index in [9.17, 15) is 4.79 Å². The average molecular weight is 337 g/mol. The molecule has 0 saturated carbocycles. The van der Waals surface area contributed by atoms with Crippen LogP contribution < -0.4 is 0 Å². The van der Waals surface area contributed by atoms with Crippen LogP contribution in [0.15, 0.2) is 35.0 Å². The van der Waals surface area contributed by atoms with Crippen molar-refractivity contribution in [3.63, 3.8) is 0 Å². The van der Waals surface area contributed by atoms with E-state index in [1.807, 2.05) is 23.4 Å². The first-order valence-corrected chi connectivity index (χ1v) is 8.92. The van der Waals surface area contributed by atoms with Crippen LogP contribution in [0.1, 0.15) is 30.4 Å². The van der Waals surface area contributed by atoms with Crippen molar-refractivity contribution in [3.05, 3.63) is 41.7 Å². The van der Waals surface area contributed by atoms with E-state index in [0.29, 0.717) is 6.42 Å². The summed E-state index contributed by atoms with van der Waals surface area (Å²) in [6.45, 7) is 6.72. The lowest BCUT2D eigenvalue weighted by atomic mass is 10.1. The Labute approximate surface area is 147 Å². The molecule has 25 heavy (non-hydrogen) atoms. The number of nitrogens with zero attached hydrogens (tertiary/aromatic N) is 3. The van der Waals surface area contributed by atoms with Gasteiger partial charge in [0.15, 0.2) is 11.6 Å². The Balaban J connectivity index is 1.55. The van der Waals surface area contributed by atoms with Gasteiger partial charge in [-0.25, -0.2) is 4.98 Å². The molecule has 3 aromatic rings. The second kappa shape index (κ2) is 6.39. The van der Waals surface area contributed by atoms with Crippen molar-refractivity contribution in [2.75, 3.05) is 13.1 Å². The van der Waals surface area contributed by atoms with Crippen LogP contribution in [-0.4, -0.2) is 33.4 Å². The molecule has 0 bridgehead atoms. The van der Waals surface area contributed by atoms with Gasteiger partial charge in [-0.3, -0.25) is 4.79 Å². The SMILES string of the molecule is Cc1ccc2oc(-c3nccn3CCCN3CCCC3=O)c(C)c2c1. The number of hydrogen-bond donors (Lipinski definition) is 0. The van der Waals surface area contributed by atoms with Crippen LogP contribution in [0, 0.1) is 13.8 Å². The maximum absolute atomic E-state index is 11.7. The van der Waals surface area contributed by atoms with E-state index in [0.717, 1.165) is 60.6 Å². The molecule has 1 amide bonds. The van der Waals surface area contributed by atoms with Crippen LogP contribution in [-0.2, 0) is 11.3 Å². The Morgan fingerprint density at radius 2 is 2.12 bits per heavy atom. The molecule has 0 atom stereocenters. The van der Waals surface area contributed by atoms with Crippen LogP contribution in [0.5, 0.6) is 0 Å². The van der Waals surface area contributed by atoms with Gasteiger partial charge in [0.05, 0.1) is 0 Å². The largest absolute Gasteiger partial charge is 0.453 e. The van der Waals surface area contributed by atoms with Crippen molar-refractivity contribution < 1.29 is 9.21 Å². The number of amides is 1. The van der Waals surface area contributed by atoms with Gasteiger partial charge in [0.1, 0.15) is 5.58 Å². The number of carbonyl (C=O) groups is 1. The quantitative estimate of drug-likeness (QED) is 0.709. The van der Waals surface area contributed by atoms with Gasteiger partial charge < -0.3 is 13.9 Å². The molecule has 5 heteroatoms. The number of aromatic nitrogens is 2. The molecule has 2 aromatic heterocycles. The number of likely N-dealkylation sites (tertiary alicyclic amines) is 1. The molecule has 1 aromatic carbocycles.